The maximum absolute atomic E-state index is 13.5. The summed E-state index contributed by atoms with van der Waals surface area (Å²) in [6, 6.07) is 17.3. The lowest BCUT2D eigenvalue weighted by molar-refractivity contribution is 0.504. The van der Waals surface area contributed by atoms with Crippen molar-refractivity contribution in [3.8, 4) is 22.5 Å². The Morgan fingerprint density at radius 2 is 1.81 bits per heavy atom. The molecule has 4 rings (SSSR count). The van der Waals surface area contributed by atoms with Crippen LogP contribution in [0.15, 0.2) is 89.9 Å². The molecule has 0 bridgehead atoms. The number of hydrogen-bond donors (Lipinski definition) is 0. The predicted molar refractivity (Wildman–Crippen MR) is 145 cm³/mol. The summed E-state index contributed by atoms with van der Waals surface area (Å²) in [6.45, 7) is 15.9. The van der Waals surface area contributed by atoms with Crippen molar-refractivity contribution in [1.82, 2.24) is 20.0 Å². The Morgan fingerprint density at radius 1 is 1.06 bits per heavy atom. The zero-order valence-electron chi connectivity index (χ0n) is 21.5. The Balaban J connectivity index is 0.000000236. The van der Waals surface area contributed by atoms with Crippen LogP contribution in [0.1, 0.15) is 44.0 Å². The second-order valence-corrected chi connectivity index (χ2v) is 8.62. The molecule has 5 nitrogen and oxygen atoms in total. The number of hydrogen-bond acceptors (Lipinski definition) is 4. The van der Waals surface area contributed by atoms with Gasteiger partial charge in [-0.1, -0.05) is 61.6 Å². The first-order valence-corrected chi connectivity index (χ1v) is 12.0. The lowest BCUT2D eigenvalue weighted by atomic mass is 10.1. The smallest absolute Gasteiger partial charge is 0.243 e. The molecular weight excluding hydrogens is 451 g/mol. The Labute approximate surface area is 212 Å². The zero-order chi connectivity index (χ0) is 26.1. The van der Waals surface area contributed by atoms with Crippen LogP contribution in [0.2, 0.25) is 0 Å². The van der Waals surface area contributed by atoms with E-state index in [1.165, 1.54) is 6.07 Å². The third-order valence-electron chi connectivity index (χ3n) is 5.34. The molecule has 0 saturated carbocycles. The first kappa shape index (κ1) is 26.5. The van der Waals surface area contributed by atoms with E-state index in [-0.39, 0.29) is 5.82 Å². The van der Waals surface area contributed by atoms with Gasteiger partial charge in [-0.15, -0.1) is 16.8 Å². The fourth-order valence-electron chi connectivity index (χ4n) is 3.67. The zero-order valence-corrected chi connectivity index (χ0v) is 21.5. The van der Waals surface area contributed by atoms with Crippen molar-refractivity contribution < 1.29 is 8.81 Å². The summed E-state index contributed by atoms with van der Waals surface area (Å²) >= 11 is 0. The summed E-state index contributed by atoms with van der Waals surface area (Å²) in [7, 11) is 0. The van der Waals surface area contributed by atoms with Crippen LogP contribution in [-0.2, 0) is 6.54 Å². The van der Waals surface area contributed by atoms with Crippen molar-refractivity contribution in [2.45, 2.75) is 47.1 Å². The van der Waals surface area contributed by atoms with Gasteiger partial charge >= 0.3 is 0 Å². The SMILES string of the molecule is C=C(C)Cn1nc(-c2ccc(F)c(C)c2)cc1-c1ccccc1.C=CC/C(=C\CC)c1nnc(C)o1. The van der Waals surface area contributed by atoms with E-state index in [9.17, 15) is 4.39 Å². The molecular formula is C30H33FN4O. The second kappa shape index (κ2) is 12.6. The van der Waals surface area contributed by atoms with Crippen LogP contribution in [0.5, 0.6) is 0 Å². The highest BCUT2D eigenvalue weighted by atomic mass is 19.1. The molecule has 0 unspecified atom stereocenters. The van der Waals surface area contributed by atoms with Gasteiger partial charge in [0.25, 0.3) is 0 Å². The van der Waals surface area contributed by atoms with Gasteiger partial charge in [-0.25, -0.2) is 4.39 Å². The van der Waals surface area contributed by atoms with Gasteiger partial charge in [0.1, 0.15) is 5.82 Å². The summed E-state index contributed by atoms with van der Waals surface area (Å²) in [5, 5.41) is 12.4. The molecule has 0 radical (unpaired) electrons. The summed E-state index contributed by atoms with van der Waals surface area (Å²) < 4.78 is 20.8. The molecule has 2 aromatic carbocycles. The Morgan fingerprint density at radius 3 is 2.39 bits per heavy atom. The fraction of sp³-hybridized carbons (Fsp3) is 0.233. The molecule has 36 heavy (non-hydrogen) atoms. The molecule has 0 aliphatic carbocycles. The highest BCUT2D eigenvalue weighted by Crippen LogP contribution is 2.27. The number of rotatable bonds is 8. The Bertz CT molecular complexity index is 1350. The molecule has 0 atom stereocenters. The number of halogens is 1. The van der Waals surface area contributed by atoms with E-state index < -0.39 is 0 Å². The number of benzene rings is 2. The topological polar surface area (TPSA) is 56.7 Å². The van der Waals surface area contributed by atoms with Crippen molar-refractivity contribution in [1.29, 1.82) is 0 Å². The minimum atomic E-state index is -0.196. The standard InChI is InChI=1S/C20H19FN2.C10H14N2O/c1-14(2)13-23-20(16-7-5-4-6-8-16)12-19(22-23)17-9-10-18(21)15(3)11-17;1-4-6-9(7-5-2)10-12-11-8(3)13-10/h4-12H,1,13H2,2-3H3;4,7H,1,5-6H2,2-3H3/b;9-7+. The molecule has 6 heteroatoms. The van der Waals surface area contributed by atoms with Gasteiger partial charge in [0.15, 0.2) is 0 Å². The molecule has 0 amide bonds. The summed E-state index contributed by atoms with van der Waals surface area (Å²) in [4.78, 5) is 0. The van der Waals surface area contributed by atoms with Crippen LogP contribution in [0.3, 0.4) is 0 Å². The lowest BCUT2D eigenvalue weighted by Gasteiger charge is -2.06. The van der Waals surface area contributed by atoms with Crippen molar-refractivity contribution in [2.75, 3.05) is 0 Å². The lowest BCUT2D eigenvalue weighted by Crippen LogP contribution is -2.03. The van der Waals surface area contributed by atoms with Crippen LogP contribution >= 0.6 is 0 Å². The minimum absolute atomic E-state index is 0.196. The third kappa shape index (κ3) is 6.98. The summed E-state index contributed by atoms with van der Waals surface area (Å²) in [5.41, 5.74) is 6.61. The first-order chi connectivity index (χ1) is 17.3. The van der Waals surface area contributed by atoms with Crippen molar-refractivity contribution in [2.24, 2.45) is 0 Å². The molecule has 2 heterocycles. The third-order valence-corrected chi connectivity index (χ3v) is 5.34. The van der Waals surface area contributed by atoms with Crippen LogP contribution in [-0.4, -0.2) is 20.0 Å². The van der Waals surface area contributed by atoms with Crippen LogP contribution in [0, 0.1) is 19.7 Å². The average Bonchev–Trinajstić information content (AvgIpc) is 3.48. The fourth-order valence-corrected chi connectivity index (χ4v) is 3.67. The quantitative estimate of drug-likeness (QED) is 0.238. The maximum Gasteiger partial charge on any atom is 0.243 e. The highest BCUT2D eigenvalue weighted by Gasteiger charge is 2.12. The van der Waals surface area contributed by atoms with Crippen LogP contribution in [0.4, 0.5) is 4.39 Å². The highest BCUT2D eigenvalue weighted by molar-refractivity contribution is 5.69. The first-order valence-electron chi connectivity index (χ1n) is 12.0. The summed E-state index contributed by atoms with van der Waals surface area (Å²) in [6.07, 6.45) is 5.65. The average molecular weight is 485 g/mol. The molecule has 186 valence electrons. The largest absolute Gasteiger partial charge is 0.421 e. The molecule has 4 aromatic rings. The van der Waals surface area contributed by atoms with Crippen LogP contribution < -0.4 is 0 Å². The van der Waals surface area contributed by atoms with Crippen molar-refractivity contribution in [3.05, 3.63) is 109 Å². The monoisotopic (exact) mass is 484 g/mol. The van der Waals surface area contributed by atoms with E-state index in [0.717, 1.165) is 46.5 Å². The van der Waals surface area contributed by atoms with Gasteiger partial charge in [0, 0.05) is 18.1 Å². The maximum atomic E-state index is 13.5. The predicted octanol–water partition coefficient (Wildman–Crippen LogP) is 7.99. The molecule has 0 aliphatic heterocycles. The molecule has 0 saturated heterocycles. The van der Waals surface area contributed by atoms with Gasteiger partial charge in [-0.05, 0) is 62.1 Å². The number of aromatic nitrogens is 4. The normalized spacial score (nSPS) is 11.1. The van der Waals surface area contributed by atoms with E-state index in [4.69, 9.17) is 9.52 Å². The van der Waals surface area contributed by atoms with E-state index in [1.807, 2.05) is 48.0 Å². The van der Waals surface area contributed by atoms with E-state index in [0.29, 0.717) is 23.9 Å². The Kier molecular flexibility index (Phi) is 9.28. The Hall–Kier alpha value is -4.06. The number of aryl methyl sites for hydroxylation is 2. The van der Waals surface area contributed by atoms with E-state index in [2.05, 4.69) is 48.5 Å². The van der Waals surface area contributed by atoms with Gasteiger partial charge in [-0.2, -0.15) is 5.10 Å². The molecule has 0 aliphatic rings. The van der Waals surface area contributed by atoms with Gasteiger partial charge in [0.2, 0.25) is 11.8 Å². The molecule has 0 N–H and O–H groups in total. The summed E-state index contributed by atoms with van der Waals surface area (Å²) in [5.74, 6) is 1.01. The molecule has 0 spiro atoms. The van der Waals surface area contributed by atoms with E-state index in [1.54, 1.807) is 19.9 Å². The van der Waals surface area contributed by atoms with Crippen LogP contribution in [0.25, 0.3) is 28.1 Å². The van der Waals surface area contributed by atoms with Gasteiger partial charge < -0.3 is 4.42 Å². The second-order valence-electron chi connectivity index (χ2n) is 8.62. The number of nitrogens with zero attached hydrogens (tertiary/aromatic N) is 4. The van der Waals surface area contributed by atoms with Crippen molar-refractivity contribution >= 4 is 5.57 Å². The van der Waals surface area contributed by atoms with Gasteiger partial charge in [-0.3, -0.25) is 4.68 Å². The minimum Gasteiger partial charge on any atom is -0.421 e. The van der Waals surface area contributed by atoms with Crippen molar-refractivity contribution in [3.63, 3.8) is 0 Å². The number of allylic oxidation sites excluding steroid dienone is 4. The van der Waals surface area contributed by atoms with Gasteiger partial charge in [0.05, 0.1) is 17.9 Å². The molecule has 2 aromatic heterocycles. The van der Waals surface area contributed by atoms with E-state index >= 15 is 0 Å². The molecule has 0 fully saturated rings.